The number of carbonyl (C=O) groups excluding carboxylic acids is 1. The maximum absolute atomic E-state index is 12.1. The van der Waals surface area contributed by atoms with Gasteiger partial charge in [-0.15, -0.1) is 0 Å². The molecule has 0 spiro atoms. The van der Waals surface area contributed by atoms with Gasteiger partial charge in [0.15, 0.2) is 12.4 Å². The number of benzene rings is 1. The van der Waals surface area contributed by atoms with Crippen LogP contribution in [0.4, 0.5) is 0 Å². The molecule has 2 aromatic rings. The van der Waals surface area contributed by atoms with Crippen LogP contribution < -0.4 is 10.1 Å². The number of rotatable bonds is 6. The van der Waals surface area contributed by atoms with Gasteiger partial charge in [-0.05, 0) is 49.9 Å². The van der Waals surface area contributed by atoms with E-state index < -0.39 is 0 Å². The summed E-state index contributed by atoms with van der Waals surface area (Å²) in [5.41, 5.74) is 2.39. The van der Waals surface area contributed by atoms with Crippen molar-refractivity contribution in [3.05, 3.63) is 41.0 Å². The van der Waals surface area contributed by atoms with Gasteiger partial charge in [-0.2, -0.15) is 4.98 Å². The van der Waals surface area contributed by atoms with Crippen molar-refractivity contribution in [2.45, 2.75) is 65.0 Å². The summed E-state index contributed by atoms with van der Waals surface area (Å²) in [7, 11) is 0. The number of aryl methyl sites for hydroxylation is 2. The van der Waals surface area contributed by atoms with Crippen molar-refractivity contribution < 1.29 is 14.1 Å². The lowest BCUT2D eigenvalue weighted by Gasteiger charge is -2.22. The minimum absolute atomic E-state index is 0.0469. The zero-order chi connectivity index (χ0) is 17.6. The lowest BCUT2D eigenvalue weighted by Crippen LogP contribution is -2.37. The van der Waals surface area contributed by atoms with Crippen LogP contribution in [0.3, 0.4) is 0 Å². The van der Waals surface area contributed by atoms with E-state index in [1.54, 1.807) is 0 Å². The molecule has 1 N–H and O–H groups in total. The highest BCUT2D eigenvalue weighted by Crippen LogP contribution is 2.18. The predicted octanol–water partition coefficient (Wildman–Crippen LogP) is 3.26. The van der Waals surface area contributed by atoms with Gasteiger partial charge in [-0.1, -0.05) is 30.5 Å². The molecule has 25 heavy (non-hydrogen) atoms. The lowest BCUT2D eigenvalue weighted by atomic mass is 9.95. The van der Waals surface area contributed by atoms with E-state index in [2.05, 4.69) is 22.4 Å². The van der Waals surface area contributed by atoms with Gasteiger partial charge in [0.2, 0.25) is 5.91 Å². The molecule has 0 aliphatic heterocycles. The summed E-state index contributed by atoms with van der Waals surface area (Å²) in [5, 5.41) is 6.92. The SMILES string of the molecule is Cc1ccc(OCc2nc(CC(=O)NC3CCCCC3)no2)cc1C. The number of nitrogens with zero attached hydrogens (tertiary/aromatic N) is 2. The van der Waals surface area contributed by atoms with E-state index in [0.717, 1.165) is 18.6 Å². The van der Waals surface area contributed by atoms with Crippen LogP contribution >= 0.6 is 0 Å². The van der Waals surface area contributed by atoms with Crippen LogP contribution in [-0.2, 0) is 17.8 Å². The van der Waals surface area contributed by atoms with E-state index in [1.165, 1.54) is 30.4 Å². The Morgan fingerprint density at radius 3 is 2.80 bits per heavy atom. The Bertz CT molecular complexity index is 720. The van der Waals surface area contributed by atoms with Crippen LogP contribution in [0, 0.1) is 13.8 Å². The summed E-state index contributed by atoms with van der Waals surface area (Å²) in [6.45, 7) is 4.29. The summed E-state index contributed by atoms with van der Waals surface area (Å²) in [6.07, 6.45) is 5.91. The van der Waals surface area contributed by atoms with Crippen LogP contribution in [0.15, 0.2) is 22.7 Å². The van der Waals surface area contributed by atoms with E-state index in [-0.39, 0.29) is 18.9 Å². The Labute approximate surface area is 148 Å². The molecule has 1 saturated carbocycles. The number of hydrogen-bond donors (Lipinski definition) is 1. The molecule has 0 radical (unpaired) electrons. The Balaban J connectivity index is 1.48. The lowest BCUT2D eigenvalue weighted by molar-refractivity contribution is -0.121. The molecule has 1 heterocycles. The van der Waals surface area contributed by atoms with E-state index >= 15 is 0 Å². The van der Waals surface area contributed by atoms with Gasteiger partial charge in [0.1, 0.15) is 5.75 Å². The molecule has 1 aromatic heterocycles. The third-order valence-corrected chi connectivity index (χ3v) is 4.64. The van der Waals surface area contributed by atoms with Crippen LogP contribution in [-0.4, -0.2) is 22.1 Å². The first-order valence-corrected chi connectivity index (χ1v) is 8.91. The predicted molar refractivity (Wildman–Crippen MR) is 93.3 cm³/mol. The van der Waals surface area contributed by atoms with Crippen LogP contribution in [0.1, 0.15) is 54.9 Å². The van der Waals surface area contributed by atoms with E-state index in [1.807, 2.05) is 25.1 Å². The molecular weight excluding hydrogens is 318 g/mol. The number of carbonyl (C=O) groups is 1. The van der Waals surface area contributed by atoms with Gasteiger partial charge < -0.3 is 14.6 Å². The number of amides is 1. The first-order valence-electron chi connectivity index (χ1n) is 8.91. The second-order valence-electron chi connectivity index (χ2n) is 6.72. The minimum Gasteiger partial charge on any atom is -0.484 e. The van der Waals surface area contributed by atoms with Gasteiger partial charge in [0.05, 0.1) is 6.42 Å². The summed E-state index contributed by atoms with van der Waals surface area (Å²) < 4.78 is 10.8. The van der Waals surface area contributed by atoms with Crippen molar-refractivity contribution in [2.75, 3.05) is 0 Å². The molecule has 0 unspecified atom stereocenters. The van der Waals surface area contributed by atoms with Crippen molar-refractivity contribution in [2.24, 2.45) is 0 Å². The second kappa shape index (κ2) is 8.14. The Morgan fingerprint density at radius 2 is 2.04 bits per heavy atom. The smallest absolute Gasteiger partial charge is 0.264 e. The average Bonchev–Trinajstić information content (AvgIpc) is 3.04. The summed E-state index contributed by atoms with van der Waals surface area (Å²) in [5.74, 6) is 1.48. The molecule has 1 amide bonds. The average molecular weight is 343 g/mol. The molecule has 134 valence electrons. The summed E-state index contributed by atoms with van der Waals surface area (Å²) in [6, 6.07) is 6.20. The maximum Gasteiger partial charge on any atom is 0.264 e. The third kappa shape index (κ3) is 5.05. The standard InChI is InChI=1S/C19H25N3O3/c1-13-8-9-16(10-14(13)2)24-12-19-21-17(22-25-19)11-18(23)20-15-6-4-3-5-7-15/h8-10,15H,3-7,11-12H2,1-2H3,(H,20,23). The van der Waals surface area contributed by atoms with E-state index in [4.69, 9.17) is 9.26 Å². The number of hydrogen-bond acceptors (Lipinski definition) is 5. The molecular formula is C19H25N3O3. The van der Waals surface area contributed by atoms with Gasteiger partial charge in [0.25, 0.3) is 5.89 Å². The molecule has 1 aliphatic rings. The van der Waals surface area contributed by atoms with Gasteiger partial charge in [0, 0.05) is 6.04 Å². The van der Waals surface area contributed by atoms with Crippen molar-refractivity contribution in [3.63, 3.8) is 0 Å². The van der Waals surface area contributed by atoms with Crippen molar-refractivity contribution in [1.82, 2.24) is 15.5 Å². The normalized spacial score (nSPS) is 15.1. The molecule has 1 aromatic carbocycles. The molecule has 0 bridgehead atoms. The van der Waals surface area contributed by atoms with E-state index in [0.29, 0.717) is 17.8 Å². The summed E-state index contributed by atoms with van der Waals surface area (Å²) >= 11 is 0. The highest BCUT2D eigenvalue weighted by molar-refractivity contribution is 5.78. The number of aromatic nitrogens is 2. The maximum atomic E-state index is 12.1. The minimum atomic E-state index is -0.0469. The van der Waals surface area contributed by atoms with Crippen molar-refractivity contribution in [1.29, 1.82) is 0 Å². The van der Waals surface area contributed by atoms with Gasteiger partial charge >= 0.3 is 0 Å². The van der Waals surface area contributed by atoms with E-state index in [9.17, 15) is 4.79 Å². The third-order valence-electron chi connectivity index (χ3n) is 4.64. The molecule has 1 fully saturated rings. The highest BCUT2D eigenvalue weighted by Gasteiger charge is 2.17. The fourth-order valence-electron chi connectivity index (χ4n) is 3.04. The Morgan fingerprint density at radius 1 is 1.24 bits per heavy atom. The van der Waals surface area contributed by atoms with Crippen LogP contribution in [0.25, 0.3) is 0 Å². The molecule has 6 nitrogen and oxygen atoms in total. The molecule has 1 aliphatic carbocycles. The number of ether oxygens (including phenoxy) is 1. The zero-order valence-corrected chi connectivity index (χ0v) is 14.9. The highest BCUT2D eigenvalue weighted by atomic mass is 16.5. The topological polar surface area (TPSA) is 77.2 Å². The van der Waals surface area contributed by atoms with Gasteiger partial charge in [-0.25, -0.2) is 0 Å². The second-order valence-corrected chi connectivity index (χ2v) is 6.72. The first kappa shape index (κ1) is 17.5. The summed E-state index contributed by atoms with van der Waals surface area (Å²) in [4.78, 5) is 16.3. The molecule has 6 heteroatoms. The van der Waals surface area contributed by atoms with Crippen molar-refractivity contribution >= 4 is 5.91 Å². The number of nitrogens with one attached hydrogen (secondary N) is 1. The van der Waals surface area contributed by atoms with Gasteiger partial charge in [-0.3, -0.25) is 4.79 Å². The quantitative estimate of drug-likeness (QED) is 0.871. The zero-order valence-electron chi connectivity index (χ0n) is 14.9. The Kier molecular flexibility index (Phi) is 5.68. The fraction of sp³-hybridized carbons (Fsp3) is 0.526. The monoisotopic (exact) mass is 343 g/mol. The molecule has 3 rings (SSSR count). The first-order chi connectivity index (χ1) is 12.1. The molecule has 0 atom stereocenters. The van der Waals surface area contributed by atoms with Crippen molar-refractivity contribution in [3.8, 4) is 5.75 Å². The largest absolute Gasteiger partial charge is 0.484 e. The fourth-order valence-corrected chi connectivity index (χ4v) is 3.04. The van der Waals surface area contributed by atoms with Crippen LogP contribution in [0.5, 0.6) is 5.75 Å². The van der Waals surface area contributed by atoms with Crippen LogP contribution in [0.2, 0.25) is 0 Å². The molecule has 0 saturated heterocycles. The Hall–Kier alpha value is -2.37.